The van der Waals surface area contributed by atoms with Crippen LogP contribution in [-0.2, 0) is 16.5 Å². The van der Waals surface area contributed by atoms with Gasteiger partial charge in [-0.3, -0.25) is 4.68 Å². The lowest BCUT2D eigenvalue weighted by molar-refractivity contribution is -0.00461. The van der Waals surface area contributed by atoms with E-state index in [0.717, 1.165) is 38.0 Å². The first-order valence-corrected chi connectivity index (χ1v) is 11.9. The van der Waals surface area contributed by atoms with Crippen molar-refractivity contribution in [3.63, 3.8) is 0 Å². The van der Waals surface area contributed by atoms with E-state index in [0.29, 0.717) is 25.0 Å². The Morgan fingerprint density at radius 1 is 1.09 bits per heavy atom. The standard InChI is InChI=1S/C23H29N7O2S/c1-13(2)30-9-7-15(27-30)19-14(3)18-21(29-11-16(31-5)17(12-29)32-6)25-20(26-23(18)33-19)22-24-8-10-28(22)4/h7-10,13,16-17H,11-12H2,1-6H3/t16-,17?/m1/s1. The summed E-state index contributed by atoms with van der Waals surface area (Å²) in [6.45, 7) is 7.79. The minimum Gasteiger partial charge on any atom is -0.377 e. The minimum atomic E-state index is -0.0169. The largest absolute Gasteiger partial charge is 0.377 e. The Labute approximate surface area is 197 Å². The number of hydrogen-bond donors (Lipinski definition) is 0. The van der Waals surface area contributed by atoms with Crippen LogP contribution >= 0.6 is 11.3 Å². The zero-order valence-corrected chi connectivity index (χ0v) is 20.6. The first kappa shape index (κ1) is 22.0. The third kappa shape index (κ3) is 3.71. The lowest BCUT2D eigenvalue weighted by Gasteiger charge is -2.19. The van der Waals surface area contributed by atoms with Crippen molar-refractivity contribution in [2.45, 2.75) is 39.0 Å². The minimum absolute atomic E-state index is 0.0169. The van der Waals surface area contributed by atoms with Gasteiger partial charge >= 0.3 is 0 Å². The van der Waals surface area contributed by atoms with E-state index in [1.54, 1.807) is 31.8 Å². The van der Waals surface area contributed by atoms with Crippen LogP contribution in [0.15, 0.2) is 24.7 Å². The number of thiophene rings is 1. The number of hydrogen-bond acceptors (Lipinski definition) is 8. The van der Waals surface area contributed by atoms with Crippen molar-refractivity contribution in [2.75, 3.05) is 32.2 Å². The summed E-state index contributed by atoms with van der Waals surface area (Å²) in [6.07, 6.45) is 5.67. The van der Waals surface area contributed by atoms with Crippen LogP contribution in [0.2, 0.25) is 0 Å². The number of anilines is 1. The zero-order valence-electron chi connectivity index (χ0n) is 19.8. The number of methoxy groups -OCH3 is 2. The van der Waals surface area contributed by atoms with E-state index in [1.165, 1.54) is 0 Å². The number of aromatic nitrogens is 6. The maximum Gasteiger partial charge on any atom is 0.199 e. The Hall–Kier alpha value is -2.82. The maximum absolute atomic E-state index is 5.69. The first-order valence-electron chi connectivity index (χ1n) is 11.1. The number of aryl methyl sites for hydroxylation is 2. The molecule has 4 aromatic heterocycles. The fourth-order valence-electron chi connectivity index (χ4n) is 4.39. The molecule has 1 aliphatic heterocycles. The molecular formula is C23H29N7O2S. The smallest absolute Gasteiger partial charge is 0.199 e. The molecule has 1 unspecified atom stereocenters. The molecule has 4 aromatic rings. The van der Waals surface area contributed by atoms with Gasteiger partial charge in [0, 0.05) is 59.0 Å². The second-order valence-electron chi connectivity index (χ2n) is 8.70. The van der Waals surface area contributed by atoms with Gasteiger partial charge < -0.3 is 18.9 Å². The molecule has 0 N–H and O–H groups in total. The number of imidazole rings is 1. The Bertz CT molecular complexity index is 1280. The summed E-state index contributed by atoms with van der Waals surface area (Å²) in [5.74, 6) is 2.24. The fourth-order valence-corrected chi connectivity index (χ4v) is 5.53. The van der Waals surface area contributed by atoms with Gasteiger partial charge in [-0.05, 0) is 32.4 Å². The average molecular weight is 468 g/mol. The molecule has 0 amide bonds. The molecule has 0 bridgehead atoms. The lowest BCUT2D eigenvalue weighted by atomic mass is 10.1. The second kappa shape index (κ2) is 8.51. The summed E-state index contributed by atoms with van der Waals surface area (Å²) in [5.41, 5.74) is 2.10. The normalized spacial score (nSPS) is 18.8. The van der Waals surface area contributed by atoms with Crippen molar-refractivity contribution in [1.82, 2.24) is 29.3 Å². The SMILES string of the molecule is COC1CN(c2nc(-c3nccn3C)nc3sc(-c4ccn(C(C)C)n4)c(C)c23)C[C@H]1OC. The van der Waals surface area contributed by atoms with Gasteiger partial charge in [-0.15, -0.1) is 11.3 Å². The van der Waals surface area contributed by atoms with Crippen molar-refractivity contribution in [2.24, 2.45) is 7.05 Å². The quantitative estimate of drug-likeness (QED) is 0.428. The van der Waals surface area contributed by atoms with Crippen LogP contribution < -0.4 is 4.90 Å². The van der Waals surface area contributed by atoms with Gasteiger partial charge in [0.05, 0.1) is 10.3 Å². The van der Waals surface area contributed by atoms with Crippen LogP contribution in [-0.4, -0.2) is 68.8 Å². The lowest BCUT2D eigenvalue weighted by Crippen LogP contribution is -2.27. The van der Waals surface area contributed by atoms with Gasteiger partial charge in [-0.1, -0.05) is 0 Å². The van der Waals surface area contributed by atoms with E-state index < -0.39 is 0 Å². The van der Waals surface area contributed by atoms with Crippen LogP contribution in [0.4, 0.5) is 5.82 Å². The average Bonchev–Trinajstić information content (AvgIpc) is 3.58. The predicted molar refractivity (Wildman–Crippen MR) is 130 cm³/mol. The van der Waals surface area contributed by atoms with Crippen LogP contribution in [0.25, 0.3) is 32.4 Å². The fraction of sp³-hybridized carbons (Fsp3) is 0.478. The number of nitrogens with zero attached hydrogens (tertiary/aromatic N) is 7. The van der Waals surface area contributed by atoms with E-state index in [9.17, 15) is 0 Å². The van der Waals surface area contributed by atoms with E-state index in [-0.39, 0.29) is 12.2 Å². The highest BCUT2D eigenvalue weighted by Crippen LogP contribution is 2.42. The Kier molecular flexibility index (Phi) is 5.67. The van der Waals surface area contributed by atoms with Crippen molar-refractivity contribution in [3.8, 4) is 22.2 Å². The van der Waals surface area contributed by atoms with Crippen molar-refractivity contribution in [1.29, 1.82) is 0 Å². The molecule has 0 aliphatic carbocycles. The van der Waals surface area contributed by atoms with Crippen molar-refractivity contribution >= 4 is 27.4 Å². The van der Waals surface area contributed by atoms with Crippen LogP contribution in [0.1, 0.15) is 25.5 Å². The maximum atomic E-state index is 5.69. The molecule has 33 heavy (non-hydrogen) atoms. The molecule has 5 rings (SSSR count). The number of rotatable bonds is 6. The molecule has 9 nitrogen and oxygen atoms in total. The van der Waals surface area contributed by atoms with Gasteiger partial charge in [0.15, 0.2) is 11.6 Å². The van der Waals surface area contributed by atoms with Gasteiger partial charge in [0.2, 0.25) is 0 Å². The summed E-state index contributed by atoms with van der Waals surface area (Å²) < 4.78 is 15.3. The van der Waals surface area contributed by atoms with Crippen molar-refractivity contribution in [3.05, 3.63) is 30.2 Å². The van der Waals surface area contributed by atoms with E-state index in [4.69, 9.17) is 24.5 Å². The predicted octanol–water partition coefficient (Wildman–Crippen LogP) is 3.69. The molecule has 0 aromatic carbocycles. The molecule has 1 aliphatic rings. The summed E-state index contributed by atoms with van der Waals surface area (Å²) in [7, 11) is 5.42. The number of fused-ring (bicyclic) bond motifs is 1. The molecule has 0 spiro atoms. The van der Waals surface area contributed by atoms with Crippen LogP contribution in [0.5, 0.6) is 0 Å². The Morgan fingerprint density at radius 2 is 1.82 bits per heavy atom. The molecule has 5 heterocycles. The van der Waals surface area contributed by atoms with Gasteiger partial charge in [0.1, 0.15) is 28.6 Å². The molecular weight excluding hydrogens is 438 g/mol. The molecule has 0 radical (unpaired) electrons. The first-order chi connectivity index (χ1) is 15.9. The van der Waals surface area contributed by atoms with E-state index in [1.807, 2.05) is 28.7 Å². The molecule has 1 saturated heterocycles. The molecule has 10 heteroatoms. The highest BCUT2D eigenvalue weighted by molar-refractivity contribution is 7.22. The summed E-state index contributed by atoms with van der Waals surface area (Å²) >= 11 is 1.65. The monoisotopic (exact) mass is 467 g/mol. The summed E-state index contributed by atoms with van der Waals surface area (Å²) in [6, 6.07) is 2.38. The summed E-state index contributed by atoms with van der Waals surface area (Å²) in [5, 5.41) is 5.86. The summed E-state index contributed by atoms with van der Waals surface area (Å²) in [4.78, 5) is 18.7. The van der Waals surface area contributed by atoms with Crippen LogP contribution in [0, 0.1) is 6.92 Å². The van der Waals surface area contributed by atoms with Gasteiger partial charge in [-0.25, -0.2) is 15.0 Å². The third-order valence-corrected chi connectivity index (χ3v) is 7.49. The topological polar surface area (TPSA) is 83.1 Å². The van der Waals surface area contributed by atoms with Gasteiger partial charge in [-0.2, -0.15) is 5.10 Å². The zero-order chi connectivity index (χ0) is 23.3. The molecule has 1 fully saturated rings. The highest BCUT2D eigenvalue weighted by Gasteiger charge is 2.35. The molecule has 2 atom stereocenters. The number of ether oxygens (including phenoxy) is 2. The molecule has 0 saturated carbocycles. The highest BCUT2D eigenvalue weighted by atomic mass is 32.1. The third-order valence-electron chi connectivity index (χ3n) is 6.28. The Balaban J connectivity index is 1.69. The van der Waals surface area contributed by atoms with Gasteiger partial charge in [0.25, 0.3) is 0 Å². The molecule has 174 valence electrons. The van der Waals surface area contributed by atoms with E-state index in [2.05, 4.69) is 36.7 Å². The Morgan fingerprint density at radius 3 is 2.39 bits per heavy atom. The van der Waals surface area contributed by atoms with Crippen LogP contribution in [0.3, 0.4) is 0 Å². The van der Waals surface area contributed by atoms with Crippen molar-refractivity contribution < 1.29 is 9.47 Å². The second-order valence-corrected chi connectivity index (χ2v) is 9.70. The van der Waals surface area contributed by atoms with E-state index >= 15 is 0 Å².